The largest absolute Gasteiger partial charge is 2.00 e. The molecule has 0 N–H and O–H groups in total. The number of pyridine rings is 2. The molecule has 4 aromatic carbocycles. The first-order chi connectivity index (χ1) is 30.2. The van der Waals surface area contributed by atoms with Gasteiger partial charge in [0.05, 0.1) is 0 Å². The fraction of sp³-hybridized carbons (Fsp3) is 0.179. The SMILES string of the molecule is Cc1ccc(-c2cc(Oc3[c-]c(-c4nccc5cc(-c6ccc(C(C)(C)C)cc6)sc45)cc(-c4ccc(C)s4)c3)[c-]c(-c3nccc4cc(-c5ccc(C(C)(C)C)cc5)sc34)c2)s1.[Pt+2]. The molecule has 320 valence electrons. The number of fused-ring (bicyclic) bond motifs is 2. The number of aromatic nitrogens is 2. The van der Waals surface area contributed by atoms with Crippen molar-refractivity contribution in [3.8, 4) is 75.8 Å². The molecule has 6 heterocycles. The first-order valence-electron chi connectivity index (χ1n) is 21.2. The first-order valence-corrected chi connectivity index (χ1v) is 24.4. The Labute approximate surface area is 406 Å². The summed E-state index contributed by atoms with van der Waals surface area (Å²) in [6.45, 7) is 17.8. The van der Waals surface area contributed by atoms with Gasteiger partial charge in [0.25, 0.3) is 0 Å². The maximum atomic E-state index is 6.94. The molecule has 0 spiro atoms. The zero-order valence-electron chi connectivity index (χ0n) is 37.0. The molecule has 0 saturated heterocycles. The molecule has 0 amide bonds. The Balaban J connectivity index is 0.00000518. The summed E-state index contributed by atoms with van der Waals surface area (Å²) in [6.07, 6.45) is 3.81. The second kappa shape index (κ2) is 17.4. The number of hydrogen-bond donors (Lipinski definition) is 0. The minimum absolute atomic E-state index is 0. The van der Waals surface area contributed by atoms with Crippen LogP contribution < -0.4 is 4.74 Å². The van der Waals surface area contributed by atoms with E-state index < -0.39 is 0 Å². The molecule has 0 aliphatic carbocycles. The van der Waals surface area contributed by atoms with E-state index in [-0.39, 0.29) is 31.9 Å². The van der Waals surface area contributed by atoms with Crippen molar-refractivity contribution in [2.24, 2.45) is 0 Å². The van der Waals surface area contributed by atoms with Crippen LogP contribution in [-0.2, 0) is 31.9 Å². The van der Waals surface area contributed by atoms with E-state index in [0.717, 1.165) is 63.6 Å². The molecule has 6 aromatic heterocycles. The molecule has 0 aliphatic heterocycles. The standard InChI is InChI=1S/C56H46N2OS4.Pt/c1-33-9-19-47(60-33)39-25-41(51-53-37(21-23-57-51)31-49(62-53)35-11-15-43(16-12-35)55(3,4)5)29-45(27-39)59-46-28-40(48-20-10-34(2)61-48)26-42(30-46)52-54-38(22-24-58-52)32-50(63-54)36-13-17-44(18-14-36)56(6,7)8;/h9-28,31-32H,1-8H3;/q-2;+2. The topological polar surface area (TPSA) is 35.0 Å². The summed E-state index contributed by atoms with van der Waals surface area (Å²) in [7, 11) is 0. The Bertz CT molecular complexity index is 3080. The van der Waals surface area contributed by atoms with Crippen LogP contribution in [-0.4, -0.2) is 9.97 Å². The van der Waals surface area contributed by atoms with Crippen LogP contribution in [0, 0.1) is 26.0 Å². The minimum Gasteiger partial charge on any atom is -0.497 e. The summed E-state index contributed by atoms with van der Waals surface area (Å²) in [4.78, 5) is 17.3. The van der Waals surface area contributed by atoms with Crippen molar-refractivity contribution in [2.45, 2.75) is 66.2 Å². The van der Waals surface area contributed by atoms with Crippen molar-refractivity contribution in [3.05, 3.63) is 167 Å². The van der Waals surface area contributed by atoms with Crippen LogP contribution in [0.3, 0.4) is 0 Å². The molecule has 10 aromatic rings. The Morgan fingerprint density at radius 2 is 0.844 bits per heavy atom. The van der Waals surface area contributed by atoms with Gasteiger partial charge >= 0.3 is 21.1 Å². The molecular weight excluding hydrogens is 1040 g/mol. The number of benzene rings is 4. The van der Waals surface area contributed by atoms with Gasteiger partial charge in [0, 0.05) is 73.9 Å². The summed E-state index contributed by atoms with van der Waals surface area (Å²) >= 11 is 7.09. The van der Waals surface area contributed by atoms with Crippen molar-refractivity contribution >= 4 is 65.5 Å². The molecule has 0 saturated carbocycles. The van der Waals surface area contributed by atoms with Crippen molar-refractivity contribution in [2.75, 3.05) is 0 Å². The second-order valence-electron chi connectivity index (χ2n) is 18.2. The van der Waals surface area contributed by atoms with Gasteiger partial charge in [0.15, 0.2) is 0 Å². The van der Waals surface area contributed by atoms with Crippen LogP contribution in [0.2, 0.25) is 0 Å². The second-order valence-corrected chi connectivity index (χ2v) is 22.9. The van der Waals surface area contributed by atoms with E-state index in [1.807, 2.05) is 12.4 Å². The Morgan fingerprint density at radius 3 is 1.20 bits per heavy atom. The van der Waals surface area contributed by atoms with Crippen molar-refractivity contribution in [3.63, 3.8) is 0 Å². The normalized spacial score (nSPS) is 11.9. The molecule has 3 nitrogen and oxygen atoms in total. The maximum Gasteiger partial charge on any atom is 2.00 e. The monoisotopic (exact) mass is 1090 g/mol. The van der Waals surface area contributed by atoms with Gasteiger partial charge in [-0.1, -0.05) is 125 Å². The fourth-order valence-corrected chi connectivity index (χ4v) is 11.9. The average molecular weight is 1090 g/mol. The maximum absolute atomic E-state index is 6.94. The minimum atomic E-state index is 0. The van der Waals surface area contributed by atoms with Gasteiger partial charge in [-0.15, -0.1) is 68.6 Å². The predicted molar refractivity (Wildman–Crippen MR) is 272 cm³/mol. The third kappa shape index (κ3) is 8.99. The molecule has 0 radical (unpaired) electrons. The Hall–Kier alpha value is -5.01. The summed E-state index contributed by atoms with van der Waals surface area (Å²) in [5.41, 5.74) is 10.9. The number of thiophene rings is 4. The Morgan fingerprint density at radius 1 is 0.438 bits per heavy atom. The van der Waals surface area contributed by atoms with Crippen LogP contribution >= 0.6 is 45.3 Å². The molecule has 0 bridgehead atoms. The molecular formula is C56H46N2OPtS4. The van der Waals surface area contributed by atoms with Crippen LogP contribution in [0.1, 0.15) is 62.4 Å². The van der Waals surface area contributed by atoms with Crippen LogP contribution in [0.4, 0.5) is 0 Å². The molecule has 0 fully saturated rings. The van der Waals surface area contributed by atoms with E-state index >= 15 is 0 Å². The number of hydrogen-bond acceptors (Lipinski definition) is 7. The van der Waals surface area contributed by atoms with Gasteiger partial charge in [-0.3, -0.25) is 0 Å². The van der Waals surface area contributed by atoms with E-state index in [0.29, 0.717) is 11.5 Å². The van der Waals surface area contributed by atoms with E-state index in [1.54, 1.807) is 45.3 Å². The molecule has 10 rings (SSSR count). The van der Waals surface area contributed by atoms with Gasteiger partial charge in [-0.05, 0) is 106 Å². The average Bonchev–Trinajstić information content (AvgIpc) is 4.09. The predicted octanol–water partition coefficient (Wildman–Crippen LogP) is 17.6. The summed E-state index contributed by atoms with van der Waals surface area (Å²) in [6, 6.07) is 51.4. The van der Waals surface area contributed by atoms with E-state index in [2.05, 4.69) is 189 Å². The van der Waals surface area contributed by atoms with E-state index in [1.165, 1.54) is 41.8 Å². The van der Waals surface area contributed by atoms with Gasteiger partial charge in [-0.25, -0.2) is 0 Å². The smallest absolute Gasteiger partial charge is 0.497 e. The van der Waals surface area contributed by atoms with Gasteiger partial charge < -0.3 is 14.7 Å². The van der Waals surface area contributed by atoms with Gasteiger partial charge in [-0.2, -0.15) is 0 Å². The Kier molecular flexibility index (Phi) is 12.0. The molecule has 0 aliphatic rings. The van der Waals surface area contributed by atoms with Crippen LogP contribution in [0.25, 0.3) is 84.4 Å². The summed E-state index contributed by atoms with van der Waals surface area (Å²) < 4.78 is 9.19. The summed E-state index contributed by atoms with van der Waals surface area (Å²) in [5, 5.41) is 2.32. The number of nitrogens with zero attached hydrogens (tertiary/aromatic N) is 2. The third-order valence-electron chi connectivity index (χ3n) is 11.4. The number of ether oxygens (including phenoxy) is 1. The number of rotatable bonds is 8. The van der Waals surface area contributed by atoms with Crippen molar-refractivity contribution < 1.29 is 25.8 Å². The molecule has 64 heavy (non-hydrogen) atoms. The van der Waals surface area contributed by atoms with E-state index in [4.69, 9.17) is 14.7 Å². The van der Waals surface area contributed by atoms with Crippen molar-refractivity contribution in [1.29, 1.82) is 0 Å². The van der Waals surface area contributed by atoms with Gasteiger partial charge in [0.2, 0.25) is 0 Å². The number of aryl methyl sites for hydroxylation is 2. The summed E-state index contributed by atoms with van der Waals surface area (Å²) in [5.74, 6) is 1.21. The van der Waals surface area contributed by atoms with Crippen LogP contribution in [0.5, 0.6) is 11.5 Å². The first kappa shape index (κ1) is 44.2. The fourth-order valence-electron chi connectivity index (χ4n) is 7.90. The zero-order chi connectivity index (χ0) is 43.6. The van der Waals surface area contributed by atoms with E-state index in [9.17, 15) is 0 Å². The van der Waals surface area contributed by atoms with Crippen LogP contribution in [0.15, 0.2) is 134 Å². The quantitative estimate of drug-likeness (QED) is 0.142. The zero-order valence-corrected chi connectivity index (χ0v) is 42.5. The molecule has 0 atom stereocenters. The molecule has 0 unspecified atom stereocenters. The molecule has 8 heteroatoms. The van der Waals surface area contributed by atoms with Gasteiger partial charge in [0.1, 0.15) is 0 Å². The van der Waals surface area contributed by atoms with Crippen molar-refractivity contribution in [1.82, 2.24) is 9.97 Å². The third-order valence-corrected chi connectivity index (χ3v) is 15.9.